The van der Waals surface area contributed by atoms with Crippen LogP contribution in [0.25, 0.3) is 5.57 Å². The van der Waals surface area contributed by atoms with Crippen LogP contribution in [0.4, 0.5) is 0 Å². The minimum atomic E-state index is -0.299. The van der Waals surface area contributed by atoms with Crippen molar-refractivity contribution in [1.82, 2.24) is 0 Å². The van der Waals surface area contributed by atoms with E-state index >= 15 is 0 Å². The summed E-state index contributed by atoms with van der Waals surface area (Å²) >= 11 is 0. The molecule has 4 aromatic carbocycles. The third-order valence-corrected chi connectivity index (χ3v) is 9.77. The molecule has 3 aliphatic carbocycles. The van der Waals surface area contributed by atoms with Crippen molar-refractivity contribution in [3.8, 4) is 17.2 Å². The molecule has 0 fully saturated rings. The molecule has 3 aliphatic rings. The minimum Gasteiger partial charge on any atom is -0.508 e. The standard InChI is InChI=1S/C19H18O3.2C12H14O3/c1-21-19(20)12-16-8-7-15-11-17(9-10-18(15)16)22-13-14-5-3-2-4-6-14;2*1-15-12(14)7-9-3-2-8-6-10(13)4-5-11(8)9/h2-6,9-12H,7-8,13H2,1H3;2*4-6,9,13H,2-3,7H2,1H3/t;2*9-/m.10/s1. The number of methoxy groups -OCH3 is 3. The van der Waals surface area contributed by atoms with Crippen molar-refractivity contribution in [1.29, 1.82) is 0 Å². The summed E-state index contributed by atoms with van der Waals surface area (Å²) in [5.41, 5.74) is 9.20. The summed E-state index contributed by atoms with van der Waals surface area (Å²) in [5, 5.41) is 18.6. The van der Waals surface area contributed by atoms with Gasteiger partial charge in [0.25, 0.3) is 0 Å². The summed E-state index contributed by atoms with van der Waals surface area (Å²) in [4.78, 5) is 33.7. The molecule has 2 atom stereocenters. The van der Waals surface area contributed by atoms with Crippen LogP contribution in [0.15, 0.2) is 91.0 Å². The van der Waals surface area contributed by atoms with Crippen LogP contribution in [0.1, 0.15) is 82.9 Å². The summed E-state index contributed by atoms with van der Waals surface area (Å²) in [6.07, 6.45) is 8.06. The van der Waals surface area contributed by atoms with Crippen molar-refractivity contribution < 1.29 is 43.5 Å². The Hall–Kier alpha value is -5.57. The molecular formula is C43H46O9. The van der Waals surface area contributed by atoms with Gasteiger partial charge in [-0.3, -0.25) is 9.59 Å². The summed E-state index contributed by atoms with van der Waals surface area (Å²) in [5.74, 6) is 1.34. The van der Waals surface area contributed by atoms with Crippen LogP contribution >= 0.6 is 0 Å². The number of aryl methyl sites for hydroxylation is 3. The predicted octanol–water partition coefficient (Wildman–Crippen LogP) is 7.74. The van der Waals surface area contributed by atoms with E-state index in [0.29, 0.717) is 30.9 Å². The second kappa shape index (κ2) is 18.1. The largest absolute Gasteiger partial charge is 0.508 e. The van der Waals surface area contributed by atoms with Gasteiger partial charge in [0.15, 0.2) is 0 Å². The zero-order chi connectivity index (χ0) is 37.0. The average molecular weight is 707 g/mol. The molecular weight excluding hydrogens is 660 g/mol. The number of allylic oxidation sites excluding steroid dienone is 1. The van der Waals surface area contributed by atoms with Gasteiger partial charge in [0.2, 0.25) is 0 Å². The van der Waals surface area contributed by atoms with Gasteiger partial charge in [-0.15, -0.1) is 0 Å². The molecule has 4 aromatic rings. The van der Waals surface area contributed by atoms with E-state index in [1.807, 2.05) is 54.6 Å². The second-order valence-corrected chi connectivity index (χ2v) is 13.1. The van der Waals surface area contributed by atoms with Crippen LogP contribution in [0.3, 0.4) is 0 Å². The molecule has 0 radical (unpaired) electrons. The first-order valence-corrected chi connectivity index (χ1v) is 17.5. The van der Waals surface area contributed by atoms with Gasteiger partial charge >= 0.3 is 17.9 Å². The zero-order valence-electron chi connectivity index (χ0n) is 29.9. The van der Waals surface area contributed by atoms with Gasteiger partial charge in [0.1, 0.15) is 23.9 Å². The molecule has 0 heterocycles. The Morgan fingerprint density at radius 1 is 0.654 bits per heavy atom. The Labute approximate surface area is 304 Å². The van der Waals surface area contributed by atoms with Crippen molar-refractivity contribution in [3.63, 3.8) is 0 Å². The lowest BCUT2D eigenvalue weighted by molar-refractivity contribution is -0.142. The Bertz CT molecular complexity index is 1820. The molecule has 0 unspecified atom stereocenters. The highest BCUT2D eigenvalue weighted by atomic mass is 16.5. The number of ether oxygens (including phenoxy) is 4. The van der Waals surface area contributed by atoms with Gasteiger partial charge in [-0.05, 0) is 131 Å². The molecule has 0 saturated carbocycles. The van der Waals surface area contributed by atoms with Crippen LogP contribution in [0, 0.1) is 0 Å². The zero-order valence-corrected chi connectivity index (χ0v) is 29.9. The van der Waals surface area contributed by atoms with Crippen LogP contribution in [-0.4, -0.2) is 49.5 Å². The highest BCUT2D eigenvalue weighted by molar-refractivity contribution is 5.93. The van der Waals surface area contributed by atoms with Crippen LogP contribution in [-0.2, 0) is 54.5 Å². The number of rotatable bonds is 8. The lowest BCUT2D eigenvalue weighted by atomic mass is 9.98. The third-order valence-electron chi connectivity index (χ3n) is 9.77. The van der Waals surface area contributed by atoms with E-state index in [1.165, 1.54) is 38.0 Å². The van der Waals surface area contributed by atoms with Crippen molar-refractivity contribution in [2.75, 3.05) is 21.3 Å². The van der Waals surface area contributed by atoms with Crippen LogP contribution in [0.5, 0.6) is 17.2 Å². The number of benzene rings is 4. The fourth-order valence-electron chi connectivity index (χ4n) is 7.05. The molecule has 0 spiro atoms. The third kappa shape index (κ3) is 10.0. The molecule has 272 valence electrons. The normalized spacial score (nSPS) is 16.9. The molecule has 9 nitrogen and oxygen atoms in total. The Morgan fingerprint density at radius 3 is 1.77 bits per heavy atom. The van der Waals surface area contributed by atoms with Crippen molar-refractivity contribution in [3.05, 3.63) is 130 Å². The van der Waals surface area contributed by atoms with Gasteiger partial charge in [-0.2, -0.15) is 0 Å². The van der Waals surface area contributed by atoms with Crippen molar-refractivity contribution in [2.45, 2.75) is 69.8 Å². The number of phenolic OH excluding ortho intramolecular Hbond substituents is 2. The fourth-order valence-corrected chi connectivity index (χ4v) is 7.05. The minimum absolute atomic E-state index is 0.166. The first-order valence-electron chi connectivity index (χ1n) is 17.5. The maximum atomic E-state index is 11.4. The van der Waals surface area contributed by atoms with E-state index in [1.54, 1.807) is 30.3 Å². The quantitative estimate of drug-likeness (QED) is 0.107. The van der Waals surface area contributed by atoms with Crippen molar-refractivity contribution >= 4 is 23.5 Å². The van der Waals surface area contributed by atoms with Crippen LogP contribution < -0.4 is 4.74 Å². The number of carbonyl (C=O) groups excluding carboxylic acids is 3. The molecule has 0 bridgehead atoms. The second-order valence-electron chi connectivity index (χ2n) is 13.1. The summed E-state index contributed by atoms with van der Waals surface area (Å²) in [6.45, 7) is 0.560. The van der Waals surface area contributed by atoms with E-state index < -0.39 is 0 Å². The highest BCUT2D eigenvalue weighted by Gasteiger charge is 2.26. The number of hydrogen-bond donors (Lipinski definition) is 2. The van der Waals surface area contributed by atoms with Gasteiger partial charge in [-0.25, -0.2) is 4.79 Å². The van der Waals surface area contributed by atoms with Gasteiger partial charge in [-0.1, -0.05) is 48.5 Å². The lowest BCUT2D eigenvalue weighted by Crippen LogP contribution is -2.06. The molecule has 0 aliphatic heterocycles. The number of phenols is 2. The molecule has 2 N–H and O–H groups in total. The Morgan fingerprint density at radius 2 is 1.23 bits per heavy atom. The summed E-state index contributed by atoms with van der Waals surface area (Å²) in [7, 11) is 4.22. The number of esters is 3. The molecule has 9 heteroatoms. The SMILES string of the molecule is COC(=O)C=C1CCc2cc(OCc3ccccc3)ccc21.COC(=O)C[C@@H]1CCc2cc(O)ccc21.COC(=O)C[C@H]1CCc2cc(O)ccc21. The Kier molecular flexibility index (Phi) is 13.1. The van der Waals surface area contributed by atoms with E-state index in [4.69, 9.17) is 9.47 Å². The number of hydrogen-bond acceptors (Lipinski definition) is 9. The monoisotopic (exact) mass is 706 g/mol. The number of aromatic hydroxyl groups is 2. The fraction of sp³-hybridized carbons (Fsp3) is 0.326. The topological polar surface area (TPSA) is 129 Å². The van der Waals surface area contributed by atoms with Gasteiger partial charge in [0.05, 0.1) is 34.2 Å². The Balaban J connectivity index is 0.000000155. The van der Waals surface area contributed by atoms with Gasteiger partial charge in [0, 0.05) is 6.08 Å². The lowest BCUT2D eigenvalue weighted by Gasteiger charge is -2.09. The summed E-state index contributed by atoms with van der Waals surface area (Å²) < 4.78 is 19.9. The molecule has 0 amide bonds. The summed E-state index contributed by atoms with van der Waals surface area (Å²) in [6, 6.07) is 26.9. The molecule has 7 rings (SSSR count). The van der Waals surface area contributed by atoms with E-state index in [2.05, 4.69) is 15.5 Å². The number of carbonyl (C=O) groups is 3. The van der Waals surface area contributed by atoms with Crippen molar-refractivity contribution in [2.24, 2.45) is 0 Å². The first-order chi connectivity index (χ1) is 25.2. The average Bonchev–Trinajstić information content (AvgIpc) is 3.87. The maximum absolute atomic E-state index is 11.4. The molecule has 0 aromatic heterocycles. The smallest absolute Gasteiger partial charge is 0.330 e. The first kappa shape index (κ1) is 37.7. The maximum Gasteiger partial charge on any atom is 0.330 e. The predicted molar refractivity (Wildman–Crippen MR) is 197 cm³/mol. The van der Waals surface area contributed by atoms with E-state index in [0.717, 1.165) is 72.1 Å². The molecule has 52 heavy (non-hydrogen) atoms. The molecule has 0 saturated heterocycles. The van der Waals surface area contributed by atoms with E-state index in [9.17, 15) is 24.6 Å². The van der Waals surface area contributed by atoms with Gasteiger partial charge < -0.3 is 29.2 Å². The number of fused-ring (bicyclic) bond motifs is 3. The highest BCUT2D eigenvalue weighted by Crippen LogP contribution is 2.38. The van der Waals surface area contributed by atoms with E-state index in [-0.39, 0.29) is 29.7 Å². The van der Waals surface area contributed by atoms with Crippen LogP contribution in [0.2, 0.25) is 0 Å².